The molecular formula is C10H18O8. The number of hydrogen-bond acceptors (Lipinski definition) is 7. The quantitative estimate of drug-likeness (QED) is 0.223. The predicted octanol–water partition coefficient (Wildman–Crippen LogP) is -2.73. The molecule has 0 spiro atoms. The van der Waals surface area contributed by atoms with Gasteiger partial charge in [0.1, 0.15) is 24.4 Å². The topological polar surface area (TPSA) is 156 Å². The summed E-state index contributed by atoms with van der Waals surface area (Å²) in [7, 11) is 0. The third-order valence-electron chi connectivity index (χ3n) is 1.79. The highest BCUT2D eigenvalue weighted by atomic mass is 16.4. The first-order valence-electron chi connectivity index (χ1n) is 4.86. The molecule has 0 aromatic carbocycles. The minimum atomic E-state index is -1.79. The molecule has 0 aliphatic heterocycles. The van der Waals surface area contributed by atoms with Crippen LogP contribution in [-0.2, 0) is 9.59 Å². The minimum Gasteiger partial charge on any atom is -0.478 e. The number of aldehydes is 1. The second kappa shape index (κ2) is 9.68. The van der Waals surface area contributed by atoms with Crippen molar-refractivity contribution in [3.8, 4) is 0 Å². The van der Waals surface area contributed by atoms with Crippen molar-refractivity contribution >= 4 is 12.3 Å². The van der Waals surface area contributed by atoms with Crippen LogP contribution >= 0.6 is 0 Å². The Hall–Kier alpha value is -1.32. The molecule has 4 atom stereocenters. The van der Waals surface area contributed by atoms with Crippen LogP contribution in [0.15, 0.2) is 12.2 Å². The molecule has 0 saturated heterocycles. The Labute approximate surface area is 103 Å². The fourth-order valence-electron chi connectivity index (χ4n) is 0.618. The van der Waals surface area contributed by atoms with Crippen LogP contribution < -0.4 is 0 Å². The molecule has 0 radical (unpaired) electrons. The van der Waals surface area contributed by atoms with Crippen molar-refractivity contribution in [3.63, 3.8) is 0 Å². The maximum absolute atomic E-state index is 9.90. The largest absolute Gasteiger partial charge is 0.478 e. The Kier molecular flexibility index (Phi) is 10.2. The lowest BCUT2D eigenvalue weighted by Gasteiger charge is -2.22. The van der Waals surface area contributed by atoms with Gasteiger partial charge in [0.2, 0.25) is 0 Å². The van der Waals surface area contributed by atoms with E-state index in [1.807, 2.05) is 0 Å². The summed E-state index contributed by atoms with van der Waals surface area (Å²) in [5, 5.41) is 51.4. The van der Waals surface area contributed by atoms with Gasteiger partial charge in [-0.05, 0) is 6.92 Å². The Bertz CT molecular complexity index is 265. The standard InChI is InChI=1S/C6H12O6.C4H6O2/c7-1-3(9)5(11)6(12)4(10)2-8;1-3(2)4(5)6/h1,3-6,8-12H,2H2;1H2,2H3,(H,5,6). The first kappa shape index (κ1) is 19.0. The summed E-state index contributed by atoms with van der Waals surface area (Å²) in [6.07, 6.45) is -6.84. The van der Waals surface area contributed by atoms with Crippen LogP contribution in [0.1, 0.15) is 6.92 Å². The minimum absolute atomic E-state index is 0.0258. The highest BCUT2D eigenvalue weighted by molar-refractivity contribution is 5.84. The second-order valence-corrected chi connectivity index (χ2v) is 3.44. The van der Waals surface area contributed by atoms with E-state index in [0.29, 0.717) is 0 Å². The van der Waals surface area contributed by atoms with E-state index >= 15 is 0 Å². The van der Waals surface area contributed by atoms with Crippen LogP contribution in [-0.4, -0.2) is 73.9 Å². The van der Waals surface area contributed by atoms with Gasteiger partial charge >= 0.3 is 5.97 Å². The Morgan fingerprint density at radius 1 is 1.22 bits per heavy atom. The molecule has 4 unspecified atom stereocenters. The lowest BCUT2D eigenvalue weighted by Crippen LogP contribution is -2.46. The molecule has 0 aliphatic carbocycles. The Morgan fingerprint density at radius 3 is 1.83 bits per heavy atom. The van der Waals surface area contributed by atoms with Crippen molar-refractivity contribution < 1.29 is 40.2 Å². The Morgan fingerprint density at radius 2 is 1.61 bits per heavy atom. The molecule has 0 aliphatic rings. The van der Waals surface area contributed by atoms with Gasteiger partial charge in [0.05, 0.1) is 6.61 Å². The average Bonchev–Trinajstić information content (AvgIpc) is 2.35. The van der Waals surface area contributed by atoms with Crippen molar-refractivity contribution in [3.05, 3.63) is 12.2 Å². The number of carboxylic acid groups (broad SMARTS) is 1. The average molecular weight is 266 g/mol. The molecule has 0 heterocycles. The molecule has 6 N–H and O–H groups in total. The lowest BCUT2D eigenvalue weighted by atomic mass is 10.0. The fraction of sp³-hybridized carbons (Fsp3) is 0.600. The van der Waals surface area contributed by atoms with Gasteiger partial charge in [-0.2, -0.15) is 0 Å². The predicted molar refractivity (Wildman–Crippen MR) is 59.6 cm³/mol. The van der Waals surface area contributed by atoms with Gasteiger partial charge in [-0.15, -0.1) is 0 Å². The molecule has 106 valence electrons. The van der Waals surface area contributed by atoms with Gasteiger partial charge in [0.15, 0.2) is 6.29 Å². The van der Waals surface area contributed by atoms with Crippen LogP contribution in [0.3, 0.4) is 0 Å². The number of rotatable bonds is 6. The van der Waals surface area contributed by atoms with Gasteiger partial charge < -0.3 is 35.4 Å². The van der Waals surface area contributed by atoms with Gasteiger partial charge in [-0.3, -0.25) is 0 Å². The summed E-state index contributed by atoms with van der Waals surface area (Å²) < 4.78 is 0. The number of aliphatic hydroxyl groups excluding tert-OH is 5. The second-order valence-electron chi connectivity index (χ2n) is 3.44. The van der Waals surface area contributed by atoms with E-state index in [9.17, 15) is 9.59 Å². The monoisotopic (exact) mass is 266 g/mol. The lowest BCUT2D eigenvalue weighted by molar-refractivity contribution is -0.136. The molecule has 0 rings (SSSR count). The van der Waals surface area contributed by atoms with E-state index < -0.39 is 37.0 Å². The number of hydrogen-bond donors (Lipinski definition) is 6. The normalized spacial score (nSPS) is 16.6. The van der Waals surface area contributed by atoms with Crippen LogP contribution in [0, 0.1) is 0 Å². The first-order valence-corrected chi connectivity index (χ1v) is 4.86. The number of carbonyl (C=O) groups is 2. The summed E-state index contributed by atoms with van der Waals surface area (Å²) in [6, 6.07) is 0. The SMILES string of the molecule is C=C(C)C(=O)O.O=CC(O)C(O)C(O)C(O)CO. The third kappa shape index (κ3) is 7.87. The summed E-state index contributed by atoms with van der Waals surface area (Å²) in [5.41, 5.74) is 0.176. The number of aliphatic carboxylic acids is 1. The molecule has 18 heavy (non-hydrogen) atoms. The molecule has 0 bridgehead atoms. The summed E-state index contributed by atoms with van der Waals surface area (Å²) in [4.78, 5) is 19.5. The van der Waals surface area contributed by atoms with E-state index in [0.717, 1.165) is 0 Å². The third-order valence-corrected chi connectivity index (χ3v) is 1.79. The van der Waals surface area contributed by atoms with Crippen molar-refractivity contribution in [2.45, 2.75) is 31.3 Å². The zero-order valence-corrected chi connectivity index (χ0v) is 9.80. The molecule has 8 heteroatoms. The summed E-state index contributed by atoms with van der Waals surface area (Å²) >= 11 is 0. The van der Waals surface area contributed by atoms with Crippen LogP contribution in [0.2, 0.25) is 0 Å². The van der Waals surface area contributed by atoms with E-state index in [1.165, 1.54) is 6.92 Å². The molecule has 0 aromatic rings. The smallest absolute Gasteiger partial charge is 0.330 e. The van der Waals surface area contributed by atoms with Gasteiger partial charge in [-0.1, -0.05) is 6.58 Å². The number of aliphatic hydroxyl groups is 5. The zero-order chi connectivity index (χ0) is 14.9. The Balaban J connectivity index is 0. The molecule has 0 fully saturated rings. The molecule has 0 saturated carbocycles. The van der Waals surface area contributed by atoms with Gasteiger partial charge in [-0.25, -0.2) is 4.79 Å². The van der Waals surface area contributed by atoms with Crippen molar-refractivity contribution in [2.24, 2.45) is 0 Å². The fourth-order valence-corrected chi connectivity index (χ4v) is 0.618. The molecule has 0 amide bonds. The number of carbonyl (C=O) groups excluding carboxylic acids is 1. The van der Waals surface area contributed by atoms with Crippen LogP contribution in [0.4, 0.5) is 0 Å². The van der Waals surface area contributed by atoms with Crippen molar-refractivity contribution in [2.75, 3.05) is 6.61 Å². The van der Waals surface area contributed by atoms with Gasteiger partial charge in [0, 0.05) is 5.57 Å². The van der Waals surface area contributed by atoms with Crippen molar-refractivity contribution in [1.82, 2.24) is 0 Å². The van der Waals surface area contributed by atoms with E-state index in [4.69, 9.17) is 30.6 Å². The summed E-state index contributed by atoms with van der Waals surface area (Å²) in [6.45, 7) is 3.84. The highest BCUT2D eigenvalue weighted by Crippen LogP contribution is 2.02. The highest BCUT2D eigenvalue weighted by Gasteiger charge is 2.29. The molecule has 8 nitrogen and oxygen atoms in total. The number of carboxylic acids is 1. The zero-order valence-electron chi connectivity index (χ0n) is 9.80. The maximum atomic E-state index is 9.90. The van der Waals surface area contributed by atoms with Gasteiger partial charge in [0.25, 0.3) is 0 Å². The molecular weight excluding hydrogens is 248 g/mol. The van der Waals surface area contributed by atoms with Crippen LogP contribution in [0.5, 0.6) is 0 Å². The molecule has 0 aromatic heterocycles. The van der Waals surface area contributed by atoms with Crippen molar-refractivity contribution in [1.29, 1.82) is 0 Å². The first-order chi connectivity index (χ1) is 8.18. The van der Waals surface area contributed by atoms with E-state index in [2.05, 4.69) is 6.58 Å². The van der Waals surface area contributed by atoms with E-state index in [-0.39, 0.29) is 11.9 Å². The maximum Gasteiger partial charge on any atom is 0.330 e. The van der Waals surface area contributed by atoms with Crippen LogP contribution in [0.25, 0.3) is 0 Å². The summed E-state index contributed by atoms with van der Waals surface area (Å²) in [5.74, 6) is -0.935. The van der Waals surface area contributed by atoms with E-state index in [1.54, 1.807) is 0 Å².